The van der Waals surface area contributed by atoms with Gasteiger partial charge in [-0.15, -0.1) is 11.3 Å². The van der Waals surface area contributed by atoms with Crippen molar-refractivity contribution in [1.82, 2.24) is 0 Å². The van der Waals surface area contributed by atoms with Crippen molar-refractivity contribution in [3.05, 3.63) is 69.9 Å². The summed E-state index contributed by atoms with van der Waals surface area (Å²) in [6, 6.07) is 8.86. The minimum absolute atomic E-state index is 0.439. The predicted octanol–water partition coefficient (Wildman–Crippen LogP) is 5.21. The van der Waals surface area contributed by atoms with Crippen LogP contribution in [-0.2, 0) is 6.61 Å². The normalized spacial score (nSPS) is 12.9. The summed E-state index contributed by atoms with van der Waals surface area (Å²) in [5, 5.41) is 30.7. The van der Waals surface area contributed by atoms with Gasteiger partial charge in [0.05, 0.1) is 5.60 Å². The molecule has 1 aromatic carbocycles. The van der Waals surface area contributed by atoms with Crippen LogP contribution in [0.1, 0.15) is 62.3 Å². The lowest BCUT2D eigenvalue weighted by Crippen LogP contribution is -2.22. The number of aliphatic hydroxyl groups excluding tert-OH is 1. The molecule has 28 heavy (non-hydrogen) atoms. The lowest BCUT2D eigenvalue weighted by atomic mass is 9.96. The van der Waals surface area contributed by atoms with Gasteiger partial charge in [0.15, 0.2) is 6.29 Å². The molecule has 0 bridgehead atoms. The van der Waals surface area contributed by atoms with E-state index >= 15 is 0 Å². The van der Waals surface area contributed by atoms with Crippen molar-refractivity contribution in [2.45, 2.75) is 58.5 Å². The van der Waals surface area contributed by atoms with Crippen molar-refractivity contribution in [2.75, 3.05) is 0 Å². The number of allylic oxidation sites excluding steroid dienone is 3. The average Bonchev–Trinajstić information content (AvgIpc) is 3.18. The third-order valence-corrected chi connectivity index (χ3v) is 5.80. The highest BCUT2D eigenvalue weighted by molar-refractivity contribution is 7.10. The van der Waals surface area contributed by atoms with Gasteiger partial charge in [-0.05, 0) is 54.0 Å². The largest absolute Gasteiger partial charge is 0.488 e. The highest BCUT2D eigenvalue weighted by atomic mass is 32.1. The molecule has 1 aromatic heterocycles. The molecule has 0 fully saturated rings. The summed E-state index contributed by atoms with van der Waals surface area (Å²) < 4.78 is 5.79. The van der Waals surface area contributed by atoms with E-state index in [1.165, 1.54) is 11.1 Å². The van der Waals surface area contributed by atoms with Crippen LogP contribution in [0.5, 0.6) is 5.75 Å². The maximum atomic E-state index is 10.4. The number of ether oxygens (including phenoxy) is 1. The van der Waals surface area contributed by atoms with Crippen LogP contribution in [-0.4, -0.2) is 20.9 Å². The number of rotatable bonds is 10. The zero-order valence-corrected chi connectivity index (χ0v) is 17.6. The van der Waals surface area contributed by atoms with Gasteiger partial charge in [0.2, 0.25) is 0 Å². The summed E-state index contributed by atoms with van der Waals surface area (Å²) in [7, 11) is 0. The standard InChI is InChI=1S/C23H30O4S/c1-4-17(8-7-13-23(26,5-2)6-3)19-14-21(28-16-19)15-27-20-11-9-18(10-12-20)22(24)25/h7-14,16,22,24-26H,4-6,15H2,1-3H3. The van der Waals surface area contributed by atoms with Crippen molar-refractivity contribution in [1.29, 1.82) is 0 Å². The van der Waals surface area contributed by atoms with Crippen molar-refractivity contribution in [3.8, 4) is 5.75 Å². The molecule has 0 saturated carbocycles. The molecule has 0 spiro atoms. The van der Waals surface area contributed by atoms with E-state index in [0.717, 1.165) is 11.3 Å². The molecule has 5 heteroatoms. The Morgan fingerprint density at radius 2 is 1.82 bits per heavy atom. The van der Waals surface area contributed by atoms with Gasteiger partial charge < -0.3 is 20.1 Å². The molecule has 152 valence electrons. The quantitative estimate of drug-likeness (QED) is 0.377. The number of hydrogen-bond acceptors (Lipinski definition) is 5. The Morgan fingerprint density at radius 1 is 1.14 bits per heavy atom. The van der Waals surface area contributed by atoms with Crippen LogP contribution in [0.15, 0.2) is 53.9 Å². The van der Waals surface area contributed by atoms with E-state index in [2.05, 4.69) is 24.4 Å². The molecule has 2 aromatic rings. The maximum absolute atomic E-state index is 10.4. The Hall–Kier alpha value is -1.92. The van der Waals surface area contributed by atoms with E-state index < -0.39 is 11.9 Å². The minimum atomic E-state index is -1.46. The van der Waals surface area contributed by atoms with E-state index in [4.69, 9.17) is 14.9 Å². The molecule has 0 radical (unpaired) electrons. The molecule has 0 aliphatic heterocycles. The zero-order valence-electron chi connectivity index (χ0n) is 16.8. The second-order valence-electron chi connectivity index (χ2n) is 6.75. The maximum Gasteiger partial charge on any atom is 0.178 e. The molecule has 0 aliphatic carbocycles. The molecule has 1 heterocycles. The Kier molecular flexibility index (Phi) is 8.45. The third kappa shape index (κ3) is 6.31. The van der Waals surface area contributed by atoms with Gasteiger partial charge in [-0.1, -0.05) is 51.1 Å². The van der Waals surface area contributed by atoms with Gasteiger partial charge in [-0.25, -0.2) is 0 Å². The predicted molar refractivity (Wildman–Crippen MR) is 115 cm³/mol. The fourth-order valence-corrected chi connectivity index (χ4v) is 3.58. The van der Waals surface area contributed by atoms with Gasteiger partial charge in [-0.2, -0.15) is 0 Å². The van der Waals surface area contributed by atoms with Crippen LogP contribution < -0.4 is 4.74 Å². The number of benzene rings is 1. The lowest BCUT2D eigenvalue weighted by Gasteiger charge is -2.19. The fourth-order valence-electron chi connectivity index (χ4n) is 2.76. The van der Waals surface area contributed by atoms with Crippen molar-refractivity contribution in [3.63, 3.8) is 0 Å². The minimum Gasteiger partial charge on any atom is -0.488 e. The molecule has 4 nitrogen and oxygen atoms in total. The second-order valence-corrected chi connectivity index (χ2v) is 7.74. The van der Waals surface area contributed by atoms with E-state index in [0.29, 0.717) is 30.8 Å². The number of aliphatic hydroxyl groups is 3. The molecule has 0 saturated heterocycles. The van der Waals surface area contributed by atoms with E-state index in [-0.39, 0.29) is 0 Å². The molecule has 0 amide bonds. The smallest absolute Gasteiger partial charge is 0.178 e. The fraction of sp³-hybridized carbons (Fsp3) is 0.391. The second kappa shape index (κ2) is 10.6. The summed E-state index contributed by atoms with van der Waals surface area (Å²) in [5.74, 6) is 0.687. The first-order valence-corrected chi connectivity index (χ1v) is 10.6. The van der Waals surface area contributed by atoms with E-state index in [9.17, 15) is 5.11 Å². The molecule has 3 N–H and O–H groups in total. The summed E-state index contributed by atoms with van der Waals surface area (Å²) in [5.41, 5.74) is 2.10. The Balaban J connectivity index is 2.01. The van der Waals surface area contributed by atoms with Crippen LogP contribution in [0.2, 0.25) is 0 Å². The van der Waals surface area contributed by atoms with Crippen LogP contribution in [0.3, 0.4) is 0 Å². The molecule has 0 aliphatic rings. The first-order valence-electron chi connectivity index (χ1n) is 9.68. The summed E-state index contributed by atoms with van der Waals surface area (Å²) >= 11 is 1.65. The van der Waals surface area contributed by atoms with Crippen molar-refractivity contribution >= 4 is 16.9 Å². The topological polar surface area (TPSA) is 69.9 Å². The van der Waals surface area contributed by atoms with Crippen LogP contribution in [0, 0.1) is 0 Å². The highest BCUT2D eigenvalue weighted by Gasteiger charge is 2.16. The number of thiophene rings is 1. The molecule has 0 unspecified atom stereocenters. The highest BCUT2D eigenvalue weighted by Crippen LogP contribution is 2.26. The Bertz CT molecular complexity index is 783. The van der Waals surface area contributed by atoms with Crippen molar-refractivity contribution < 1.29 is 20.1 Å². The van der Waals surface area contributed by atoms with Gasteiger partial charge in [0.25, 0.3) is 0 Å². The van der Waals surface area contributed by atoms with Gasteiger partial charge in [0, 0.05) is 10.4 Å². The molecular formula is C23H30O4S. The monoisotopic (exact) mass is 402 g/mol. The molecule has 0 atom stereocenters. The number of hydrogen-bond donors (Lipinski definition) is 3. The Morgan fingerprint density at radius 3 is 2.39 bits per heavy atom. The molecule has 2 rings (SSSR count). The van der Waals surface area contributed by atoms with E-state index in [1.54, 1.807) is 35.6 Å². The van der Waals surface area contributed by atoms with Gasteiger partial charge in [0.1, 0.15) is 12.4 Å². The zero-order chi connectivity index (χ0) is 20.6. The van der Waals surface area contributed by atoms with Crippen LogP contribution in [0.4, 0.5) is 0 Å². The summed E-state index contributed by atoms with van der Waals surface area (Å²) in [4.78, 5) is 1.11. The van der Waals surface area contributed by atoms with Gasteiger partial charge >= 0.3 is 0 Å². The summed E-state index contributed by atoms with van der Waals surface area (Å²) in [6.45, 7) is 6.56. The third-order valence-electron chi connectivity index (χ3n) is 4.89. The van der Waals surface area contributed by atoms with Crippen LogP contribution >= 0.6 is 11.3 Å². The van der Waals surface area contributed by atoms with E-state index in [1.807, 2.05) is 26.0 Å². The lowest BCUT2D eigenvalue weighted by molar-refractivity contribution is -0.0425. The Labute approximate surface area is 171 Å². The first kappa shape index (κ1) is 22.4. The summed E-state index contributed by atoms with van der Waals surface area (Å²) in [6.07, 6.45) is 6.75. The van der Waals surface area contributed by atoms with Crippen LogP contribution in [0.25, 0.3) is 5.57 Å². The first-order chi connectivity index (χ1) is 13.4. The molecular weight excluding hydrogens is 372 g/mol. The average molecular weight is 403 g/mol. The van der Waals surface area contributed by atoms with Crippen molar-refractivity contribution in [2.24, 2.45) is 0 Å². The SMILES string of the molecule is CCC(=CC=CC(O)(CC)CC)c1csc(COc2ccc(C(O)O)cc2)c1. The van der Waals surface area contributed by atoms with Gasteiger partial charge in [-0.3, -0.25) is 0 Å².